The van der Waals surface area contributed by atoms with E-state index in [2.05, 4.69) is 0 Å². The van der Waals surface area contributed by atoms with Crippen LogP contribution in [0, 0.1) is 0 Å². The molecule has 0 spiro atoms. The Hall–Kier alpha value is -2.10. The fourth-order valence-electron chi connectivity index (χ4n) is 4.29. The minimum atomic E-state index is -1.67. The predicted octanol–water partition coefficient (Wildman–Crippen LogP) is 5.07. The van der Waals surface area contributed by atoms with E-state index in [0.717, 1.165) is 28.7 Å². The first-order chi connectivity index (χ1) is 11.2. The maximum Gasteiger partial charge on any atom is 0.187 e. The van der Waals surface area contributed by atoms with Crippen LogP contribution >= 0.6 is 12.0 Å². The van der Waals surface area contributed by atoms with Crippen molar-refractivity contribution in [1.82, 2.24) is 0 Å². The Morgan fingerprint density at radius 1 is 0.609 bits per heavy atom. The molecular weight excluding hydrogens is 307 g/mol. The topological polar surface area (TPSA) is 20.2 Å². The Morgan fingerprint density at radius 2 is 0.913 bits per heavy atom. The van der Waals surface area contributed by atoms with E-state index in [-0.39, 0.29) is 0 Å². The highest BCUT2D eigenvalue weighted by molar-refractivity contribution is 7.95. The fourth-order valence-corrected chi connectivity index (χ4v) is 5.12. The average Bonchev–Trinajstić information content (AvgIpc) is 2.63. The quantitative estimate of drug-likeness (QED) is 0.632. The first-order valence-corrected chi connectivity index (χ1v) is 8.33. The Labute approximate surface area is 138 Å². The van der Waals surface area contributed by atoms with Crippen molar-refractivity contribution in [2.24, 2.45) is 0 Å². The zero-order chi connectivity index (χ0) is 15.7. The van der Waals surface area contributed by atoms with E-state index in [9.17, 15) is 4.55 Å². The molecule has 3 aliphatic carbocycles. The largest absolute Gasteiger partial charge is 0.329 e. The van der Waals surface area contributed by atoms with E-state index in [0.29, 0.717) is 16.7 Å². The van der Waals surface area contributed by atoms with Crippen molar-refractivity contribution < 1.29 is 8.94 Å². The summed E-state index contributed by atoms with van der Waals surface area (Å²) in [5, 5.41) is 0. The van der Waals surface area contributed by atoms with Gasteiger partial charge in [0.25, 0.3) is 0 Å². The lowest BCUT2D eigenvalue weighted by atomic mass is 9.59. The first-order valence-electron chi connectivity index (χ1n) is 7.56. The van der Waals surface area contributed by atoms with Gasteiger partial charge in [0.2, 0.25) is 0 Å². The van der Waals surface area contributed by atoms with Crippen molar-refractivity contribution in [2.45, 2.75) is 10.4 Å². The molecule has 23 heavy (non-hydrogen) atoms. The second-order valence-corrected chi connectivity index (χ2v) is 6.86. The van der Waals surface area contributed by atoms with Gasteiger partial charge in [-0.1, -0.05) is 72.8 Å². The monoisotopic (exact) mass is 320 g/mol. The molecule has 0 unspecified atom stereocenters. The summed E-state index contributed by atoms with van der Waals surface area (Å²) in [7, 11) is 0. The Morgan fingerprint density at radius 3 is 1.22 bits per heavy atom. The molecule has 0 atom stereocenters. The van der Waals surface area contributed by atoms with Gasteiger partial charge < -0.3 is 4.55 Å². The second kappa shape index (κ2) is 4.25. The van der Waals surface area contributed by atoms with E-state index in [4.69, 9.17) is 0 Å². The third-order valence-electron chi connectivity index (χ3n) is 5.17. The summed E-state index contributed by atoms with van der Waals surface area (Å²) < 4.78 is 26.2. The smallest absolute Gasteiger partial charge is 0.187 e. The summed E-state index contributed by atoms with van der Waals surface area (Å²) in [6, 6.07) is 22.6. The van der Waals surface area contributed by atoms with E-state index >= 15 is 4.39 Å². The highest BCUT2D eigenvalue weighted by Gasteiger charge is 2.59. The van der Waals surface area contributed by atoms with Gasteiger partial charge in [-0.15, -0.1) is 0 Å². The normalized spacial score (nSPS) is 26.3. The molecule has 6 rings (SSSR count). The van der Waals surface area contributed by atoms with Gasteiger partial charge in [-0.25, -0.2) is 4.39 Å². The number of hydrogen-bond acceptors (Lipinski definition) is 2. The molecule has 0 aromatic heterocycles. The highest BCUT2D eigenvalue weighted by Crippen LogP contribution is 2.65. The third-order valence-corrected chi connectivity index (χ3v) is 6.10. The van der Waals surface area contributed by atoms with Crippen LogP contribution in [0.15, 0.2) is 72.8 Å². The van der Waals surface area contributed by atoms with Crippen LogP contribution in [0.25, 0.3) is 0 Å². The van der Waals surface area contributed by atoms with Crippen LogP contribution in [0.2, 0.25) is 0 Å². The van der Waals surface area contributed by atoms with Gasteiger partial charge in [-0.05, 0) is 16.7 Å². The molecule has 3 aromatic carbocycles. The summed E-state index contributed by atoms with van der Waals surface area (Å²) in [6.07, 6.45) is 0. The molecule has 3 aromatic rings. The molecule has 1 N–H and O–H groups in total. The van der Waals surface area contributed by atoms with Crippen molar-refractivity contribution in [3.05, 3.63) is 106 Å². The van der Waals surface area contributed by atoms with E-state index < -0.39 is 10.4 Å². The molecule has 2 bridgehead atoms. The molecule has 112 valence electrons. The molecule has 0 saturated heterocycles. The van der Waals surface area contributed by atoms with Gasteiger partial charge in [0, 0.05) is 28.7 Å². The zero-order valence-electron chi connectivity index (χ0n) is 12.2. The molecular formula is C20H13FOS. The predicted molar refractivity (Wildman–Crippen MR) is 90.4 cm³/mol. The van der Waals surface area contributed by atoms with Crippen molar-refractivity contribution >= 4 is 12.0 Å². The van der Waals surface area contributed by atoms with Crippen LogP contribution in [0.1, 0.15) is 33.4 Å². The summed E-state index contributed by atoms with van der Waals surface area (Å²) in [5.41, 5.74) is 2.77. The lowest BCUT2D eigenvalue weighted by molar-refractivity contribution is 0.255. The van der Waals surface area contributed by atoms with Crippen molar-refractivity contribution in [1.29, 1.82) is 0 Å². The molecule has 0 radical (unpaired) electrons. The highest BCUT2D eigenvalue weighted by atomic mass is 32.2. The Bertz CT molecular complexity index is 831. The van der Waals surface area contributed by atoms with Gasteiger partial charge in [-0.3, -0.25) is 0 Å². The van der Waals surface area contributed by atoms with Crippen LogP contribution in [-0.4, -0.2) is 4.55 Å². The lowest BCUT2D eigenvalue weighted by Crippen LogP contribution is -2.47. The van der Waals surface area contributed by atoms with Crippen LogP contribution < -0.4 is 0 Å². The van der Waals surface area contributed by atoms with E-state index in [1.54, 1.807) is 0 Å². The minimum absolute atomic E-state index is 0.638. The molecule has 0 amide bonds. The Balaban J connectivity index is 2.06. The average molecular weight is 320 g/mol. The van der Waals surface area contributed by atoms with Crippen molar-refractivity contribution in [3.63, 3.8) is 0 Å². The summed E-state index contributed by atoms with van der Waals surface area (Å²) >= 11 is 0.791. The number of rotatable bonds is 1. The number of halogens is 1. The van der Waals surface area contributed by atoms with Crippen LogP contribution in [0.3, 0.4) is 0 Å². The van der Waals surface area contributed by atoms with Gasteiger partial charge in [0.05, 0.1) is 0 Å². The zero-order valence-corrected chi connectivity index (χ0v) is 13.0. The number of alkyl halides is 1. The summed E-state index contributed by atoms with van der Waals surface area (Å²) in [6.45, 7) is 0. The molecule has 3 heteroatoms. The van der Waals surface area contributed by atoms with Crippen LogP contribution in [0.4, 0.5) is 4.39 Å². The molecule has 0 aliphatic heterocycles. The Kier molecular flexibility index (Phi) is 2.47. The van der Waals surface area contributed by atoms with Crippen LogP contribution in [0.5, 0.6) is 0 Å². The third kappa shape index (κ3) is 1.30. The lowest BCUT2D eigenvalue weighted by Gasteiger charge is -2.51. The maximum atomic E-state index is 16.5. The van der Waals surface area contributed by atoms with Crippen molar-refractivity contribution in [2.75, 3.05) is 0 Å². The van der Waals surface area contributed by atoms with Gasteiger partial charge in [-0.2, -0.15) is 0 Å². The number of hydrogen-bond donors (Lipinski definition) is 1. The standard InChI is InChI=1S/C20H13FOS/c21-19-13-7-1-4-10-16(13)20(23-22,17-11-5-2-8-14(17)19)18-12-6-3-9-15(18)19/h1-12,22H. The minimum Gasteiger partial charge on any atom is -0.329 e. The van der Waals surface area contributed by atoms with Gasteiger partial charge >= 0.3 is 0 Å². The molecule has 0 heterocycles. The molecule has 3 aliphatic rings. The summed E-state index contributed by atoms with van der Waals surface area (Å²) in [5.74, 6) is 0. The maximum absolute atomic E-state index is 16.5. The second-order valence-electron chi connectivity index (χ2n) is 6.07. The molecule has 0 saturated carbocycles. The van der Waals surface area contributed by atoms with Crippen molar-refractivity contribution in [3.8, 4) is 0 Å². The van der Waals surface area contributed by atoms with Gasteiger partial charge in [0.1, 0.15) is 4.75 Å². The number of benzene rings is 3. The molecule has 1 nitrogen and oxygen atoms in total. The summed E-state index contributed by atoms with van der Waals surface area (Å²) in [4.78, 5) is 0. The van der Waals surface area contributed by atoms with E-state index in [1.807, 2.05) is 72.8 Å². The van der Waals surface area contributed by atoms with E-state index in [1.165, 1.54) is 0 Å². The SMILES string of the molecule is OSC12c3ccccc3C(F)(c3ccccc31)c1ccccc12. The first kappa shape index (κ1) is 13.3. The van der Waals surface area contributed by atoms with Crippen LogP contribution in [-0.2, 0) is 10.4 Å². The fraction of sp³-hybridized carbons (Fsp3) is 0.100. The molecule has 0 fully saturated rings. The van der Waals surface area contributed by atoms with Gasteiger partial charge in [0.15, 0.2) is 5.67 Å².